The second-order valence-electron chi connectivity index (χ2n) is 9.21. The fourth-order valence-electron chi connectivity index (χ4n) is 4.02. The summed E-state index contributed by atoms with van der Waals surface area (Å²) in [6, 6.07) is 18.0. The molecule has 1 atom stereocenters. The minimum absolute atomic E-state index is 0.0437. The largest absolute Gasteiger partial charge is 0.573 e. The van der Waals surface area contributed by atoms with E-state index in [1.807, 2.05) is 50.2 Å². The number of nitrogens with one attached hydrogen (secondary N) is 1. The van der Waals surface area contributed by atoms with Crippen LogP contribution in [0.1, 0.15) is 24.2 Å². The first-order chi connectivity index (χ1) is 20.5. The Bertz CT molecular complexity index is 1680. The number of aryl methyl sites for hydroxylation is 1. The lowest BCUT2D eigenvalue weighted by Gasteiger charge is -2.19. The predicted octanol–water partition coefficient (Wildman–Crippen LogP) is 6.80. The van der Waals surface area contributed by atoms with Crippen molar-refractivity contribution in [2.45, 2.75) is 26.3 Å². The number of hydroxylamine groups is 1. The lowest BCUT2D eigenvalue weighted by Crippen LogP contribution is -2.31. The molecule has 9 nitrogen and oxygen atoms in total. The minimum atomic E-state index is -4.76. The minimum Gasteiger partial charge on any atom is -0.406 e. The molecular formula is C28H22ClF3N6O3S2. The van der Waals surface area contributed by atoms with Crippen molar-refractivity contribution in [3.63, 3.8) is 0 Å². The molecule has 1 saturated heterocycles. The summed E-state index contributed by atoms with van der Waals surface area (Å²) in [6.07, 6.45) is -3.72. The van der Waals surface area contributed by atoms with Crippen LogP contribution in [0.4, 0.5) is 18.9 Å². The molecular weight excluding hydrogens is 625 g/mol. The molecule has 15 heteroatoms. The van der Waals surface area contributed by atoms with Gasteiger partial charge in [-0.1, -0.05) is 53.7 Å². The Hall–Kier alpha value is -3.98. The highest BCUT2D eigenvalue weighted by atomic mass is 35.5. The van der Waals surface area contributed by atoms with Crippen LogP contribution in [0.3, 0.4) is 0 Å². The van der Waals surface area contributed by atoms with Crippen LogP contribution in [0.5, 0.6) is 5.75 Å². The number of amides is 1. The number of carbonyl (C=O) groups excluding carboxylic acids is 1. The number of halogens is 4. The number of ether oxygens (including phenoxy) is 1. The van der Waals surface area contributed by atoms with E-state index in [0.717, 1.165) is 16.7 Å². The standard InChI is InChI=1S/C28H22ClF3N6O3S2/c1-16-3-12-22(29)23(13-16)38-24(39)14-43-27(38)34-26(42)36-41-17(2)18-4-6-19(7-5-18)25-33-15-37(35-25)20-8-10-21(11-9-20)40-28(30,31)32/h3-13,15,17H,14H2,1-2H3,(H,36,42). The lowest BCUT2D eigenvalue weighted by atomic mass is 10.1. The number of anilines is 1. The average molecular weight is 647 g/mol. The molecule has 1 aliphatic rings. The Balaban J connectivity index is 1.19. The summed E-state index contributed by atoms with van der Waals surface area (Å²) in [6.45, 7) is 3.73. The van der Waals surface area contributed by atoms with Crippen LogP contribution >= 0.6 is 35.6 Å². The molecule has 1 amide bonds. The van der Waals surface area contributed by atoms with Crippen LogP contribution in [0.25, 0.3) is 17.1 Å². The second-order valence-corrected chi connectivity index (χ2v) is 10.9. The molecule has 0 spiro atoms. The first kappa shape index (κ1) is 30.5. The highest BCUT2D eigenvalue weighted by molar-refractivity contribution is 8.15. The normalized spacial score (nSPS) is 15.2. The van der Waals surface area contributed by atoms with Gasteiger partial charge in [0.25, 0.3) is 0 Å². The van der Waals surface area contributed by atoms with Gasteiger partial charge < -0.3 is 4.74 Å². The van der Waals surface area contributed by atoms with Gasteiger partial charge in [-0.15, -0.1) is 18.3 Å². The Kier molecular flexibility index (Phi) is 9.01. The number of thiocarbonyl (C=S) groups is 1. The van der Waals surface area contributed by atoms with E-state index in [-0.39, 0.29) is 22.5 Å². The number of amidine groups is 1. The van der Waals surface area contributed by atoms with Crippen LogP contribution in [0, 0.1) is 6.92 Å². The van der Waals surface area contributed by atoms with E-state index >= 15 is 0 Å². The number of hydrogen-bond donors (Lipinski definition) is 1. The first-order valence-corrected chi connectivity index (χ1v) is 14.4. The third-order valence-corrected chi connectivity index (χ3v) is 7.51. The fraction of sp³-hybridized carbons (Fsp3) is 0.179. The summed E-state index contributed by atoms with van der Waals surface area (Å²) in [5.74, 6) is 0.160. The predicted molar refractivity (Wildman–Crippen MR) is 162 cm³/mol. The highest BCUT2D eigenvalue weighted by Gasteiger charge is 2.32. The Morgan fingerprint density at radius 1 is 1.14 bits per heavy atom. The SMILES string of the molecule is Cc1ccc(Cl)c(N2C(=O)CSC2=NC(=S)NOC(C)c2ccc(-c3ncn(-c4ccc(OC(F)(F)F)cc4)n3)cc2)c1. The van der Waals surface area contributed by atoms with Gasteiger partial charge in [0, 0.05) is 5.56 Å². The Labute approximate surface area is 258 Å². The number of thioether (sulfide) groups is 1. The third-order valence-electron chi connectivity index (χ3n) is 6.09. The van der Waals surface area contributed by atoms with Crippen LogP contribution in [0.15, 0.2) is 78.0 Å². The van der Waals surface area contributed by atoms with E-state index in [2.05, 4.69) is 25.3 Å². The number of aromatic nitrogens is 3. The third kappa shape index (κ3) is 7.51. The van der Waals surface area contributed by atoms with Gasteiger partial charge in [0.1, 0.15) is 18.2 Å². The molecule has 0 bridgehead atoms. The molecule has 2 heterocycles. The van der Waals surface area contributed by atoms with Gasteiger partial charge in [-0.3, -0.25) is 14.5 Å². The van der Waals surface area contributed by atoms with Gasteiger partial charge in [0.2, 0.25) is 11.0 Å². The van der Waals surface area contributed by atoms with E-state index in [4.69, 9.17) is 28.7 Å². The summed E-state index contributed by atoms with van der Waals surface area (Å²) in [5, 5.41) is 5.28. The van der Waals surface area contributed by atoms with Gasteiger partial charge in [-0.25, -0.2) is 15.1 Å². The van der Waals surface area contributed by atoms with Crippen molar-refractivity contribution in [2.24, 2.45) is 4.99 Å². The smallest absolute Gasteiger partial charge is 0.406 e. The van der Waals surface area contributed by atoms with E-state index in [1.165, 1.54) is 51.9 Å². The fourth-order valence-corrected chi connectivity index (χ4v) is 5.28. The van der Waals surface area contributed by atoms with Crippen LogP contribution in [-0.2, 0) is 9.63 Å². The van der Waals surface area contributed by atoms with Gasteiger partial charge in [0.15, 0.2) is 11.0 Å². The molecule has 1 aromatic heterocycles. The van der Waals surface area contributed by atoms with Crippen molar-refractivity contribution in [1.29, 1.82) is 0 Å². The zero-order valence-electron chi connectivity index (χ0n) is 22.5. The van der Waals surface area contributed by atoms with Crippen molar-refractivity contribution in [3.8, 4) is 22.8 Å². The maximum absolute atomic E-state index is 12.6. The maximum Gasteiger partial charge on any atom is 0.573 e. The van der Waals surface area contributed by atoms with E-state index in [0.29, 0.717) is 27.4 Å². The van der Waals surface area contributed by atoms with Gasteiger partial charge in [-0.05, 0) is 73.6 Å². The van der Waals surface area contributed by atoms with Crippen LogP contribution < -0.4 is 15.1 Å². The molecule has 0 aliphatic carbocycles. The zero-order chi connectivity index (χ0) is 30.7. The molecule has 5 rings (SSSR count). The lowest BCUT2D eigenvalue weighted by molar-refractivity contribution is -0.274. The number of rotatable bonds is 7. The number of benzene rings is 3. The molecule has 1 aliphatic heterocycles. The summed E-state index contributed by atoms with van der Waals surface area (Å²) >= 11 is 12.9. The molecule has 1 N–H and O–H groups in total. The molecule has 43 heavy (non-hydrogen) atoms. The van der Waals surface area contributed by atoms with Crippen molar-refractivity contribution < 1.29 is 27.5 Å². The second kappa shape index (κ2) is 12.7. The zero-order valence-corrected chi connectivity index (χ0v) is 24.9. The Morgan fingerprint density at radius 3 is 2.56 bits per heavy atom. The summed E-state index contributed by atoms with van der Waals surface area (Å²) in [7, 11) is 0. The number of alkyl halides is 3. The Morgan fingerprint density at radius 2 is 1.86 bits per heavy atom. The summed E-state index contributed by atoms with van der Waals surface area (Å²) in [4.78, 5) is 28.4. The van der Waals surface area contributed by atoms with Crippen LogP contribution in [-0.4, -0.2) is 43.1 Å². The highest BCUT2D eigenvalue weighted by Crippen LogP contribution is 2.33. The molecule has 0 radical (unpaired) electrons. The average Bonchev–Trinajstić information content (AvgIpc) is 3.60. The van der Waals surface area contributed by atoms with Gasteiger partial charge in [0.05, 0.1) is 22.2 Å². The topological polar surface area (TPSA) is 93.9 Å². The monoisotopic (exact) mass is 646 g/mol. The van der Waals surface area contributed by atoms with Gasteiger partial charge in [-0.2, -0.15) is 4.99 Å². The molecule has 1 unspecified atom stereocenters. The van der Waals surface area contributed by atoms with Crippen molar-refractivity contribution in [2.75, 3.05) is 10.7 Å². The number of carbonyl (C=O) groups is 1. The first-order valence-electron chi connectivity index (χ1n) is 12.6. The molecule has 0 saturated carbocycles. The number of nitrogens with zero attached hydrogens (tertiary/aromatic N) is 5. The quantitative estimate of drug-likeness (QED) is 0.173. The van der Waals surface area contributed by atoms with Crippen molar-refractivity contribution in [3.05, 3.63) is 89.2 Å². The van der Waals surface area contributed by atoms with Crippen molar-refractivity contribution >= 4 is 57.5 Å². The molecule has 3 aromatic carbocycles. The van der Waals surface area contributed by atoms with E-state index in [9.17, 15) is 18.0 Å². The summed E-state index contributed by atoms with van der Waals surface area (Å²) < 4.78 is 42.5. The number of hydrogen-bond acceptors (Lipinski definition) is 7. The molecule has 1 fully saturated rings. The van der Waals surface area contributed by atoms with E-state index in [1.54, 1.807) is 6.07 Å². The van der Waals surface area contributed by atoms with Gasteiger partial charge >= 0.3 is 6.36 Å². The molecule has 222 valence electrons. The number of aliphatic imine (C=N–C) groups is 1. The van der Waals surface area contributed by atoms with Crippen LogP contribution in [0.2, 0.25) is 5.02 Å². The molecule has 4 aromatic rings. The summed E-state index contributed by atoms with van der Waals surface area (Å²) in [5.41, 5.74) is 6.22. The van der Waals surface area contributed by atoms with Crippen molar-refractivity contribution in [1.82, 2.24) is 20.2 Å². The van der Waals surface area contributed by atoms with E-state index < -0.39 is 12.5 Å². The maximum atomic E-state index is 12.6.